The van der Waals surface area contributed by atoms with E-state index in [-0.39, 0.29) is 5.91 Å². The van der Waals surface area contributed by atoms with E-state index in [4.69, 9.17) is 0 Å². The number of pyridine rings is 1. The van der Waals surface area contributed by atoms with Crippen molar-refractivity contribution >= 4 is 5.91 Å². The van der Waals surface area contributed by atoms with Crippen molar-refractivity contribution in [3.8, 4) is 0 Å². The molecule has 0 radical (unpaired) electrons. The van der Waals surface area contributed by atoms with E-state index in [1.807, 2.05) is 0 Å². The van der Waals surface area contributed by atoms with Crippen LogP contribution in [0, 0.1) is 13.8 Å². The lowest BCUT2D eigenvalue weighted by Gasteiger charge is -2.14. The molecule has 0 aromatic carbocycles. The molecule has 0 unspecified atom stereocenters. The number of hydrogen-bond acceptors (Lipinski definition) is 2. The number of hydrogen-bond donors (Lipinski definition) is 1. The lowest BCUT2D eigenvalue weighted by molar-refractivity contribution is 0.0953. The highest BCUT2D eigenvalue weighted by molar-refractivity contribution is 5.93. The molecule has 112 valence electrons. The minimum Gasteiger partial charge on any atom is -0.352 e. The standard InChI is InChI=1S/C17H23N3O/c1-12(2)20-13(3)10-15(14(20)4)7-9-19-17(21)16-6-5-8-18-11-16/h5-6,8,10-12H,7,9H2,1-4H3,(H,19,21). The zero-order valence-corrected chi connectivity index (χ0v) is 13.2. The van der Waals surface area contributed by atoms with Gasteiger partial charge in [0.25, 0.3) is 5.91 Å². The normalized spacial score (nSPS) is 10.9. The smallest absolute Gasteiger partial charge is 0.252 e. The molecule has 0 bridgehead atoms. The van der Waals surface area contributed by atoms with Crippen molar-refractivity contribution in [1.82, 2.24) is 14.9 Å². The minimum atomic E-state index is -0.0687. The Morgan fingerprint density at radius 3 is 2.71 bits per heavy atom. The molecule has 1 amide bonds. The number of nitrogens with one attached hydrogen (secondary N) is 1. The van der Waals surface area contributed by atoms with Crippen LogP contribution in [-0.4, -0.2) is 22.0 Å². The third-order valence-electron chi connectivity index (χ3n) is 3.71. The maximum atomic E-state index is 11.9. The Morgan fingerprint density at radius 1 is 1.38 bits per heavy atom. The zero-order valence-electron chi connectivity index (χ0n) is 13.2. The Balaban J connectivity index is 1.95. The van der Waals surface area contributed by atoms with Gasteiger partial charge in [-0.05, 0) is 57.9 Å². The summed E-state index contributed by atoms with van der Waals surface area (Å²) < 4.78 is 2.33. The lowest BCUT2D eigenvalue weighted by atomic mass is 10.1. The Hall–Kier alpha value is -2.10. The van der Waals surface area contributed by atoms with Crippen molar-refractivity contribution < 1.29 is 4.79 Å². The molecule has 21 heavy (non-hydrogen) atoms. The van der Waals surface area contributed by atoms with Crippen molar-refractivity contribution in [1.29, 1.82) is 0 Å². The second-order valence-corrected chi connectivity index (χ2v) is 5.61. The highest BCUT2D eigenvalue weighted by atomic mass is 16.1. The van der Waals surface area contributed by atoms with Gasteiger partial charge >= 0.3 is 0 Å². The van der Waals surface area contributed by atoms with Gasteiger partial charge in [0.05, 0.1) is 5.56 Å². The van der Waals surface area contributed by atoms with E-state index in [1.165, 1.54) is 17.0 Å². The number of carbonyl (C=O) groups is 1. The van der Waals surface area contributed by atoms with Crippen LogP contribution < -0.4 is 5.32 Å². The maximum Gasteiger partial charge on any atom is 0.252 e. The first kappa shape index (κ1) is 15.3. The molecule has 2 heterocycles. The van der Waals surface area contributed by atoms with E-state index in [1.54, 1.807) is 24.5 Å². The maximum absolute atomic E-state index is 11.9. The zero-order chi connectivity index (χ0) is 15.4. The molecule has 0 fully saturated rings. The molecule has 0 atom stereocenters. The van der Waals surface area contributed by atoms with Crippen molar-refractivity contribution in [2.75, 3.05) is 6.54 Å². The van der Waals surface area contributed by atoms with Gasteiger partial charge in [-0.25, -0.2) is 0 Å². The van der Waals surface area contributed by atoms with Gasteiger partial charge in [-0.3, -0.25) is 9.78 Å². The average Bonchev–Trinajstić information content (AvgIpc) is 2.74. The number of aromatic nitrogens is 2. The number of aryl methyl sites for hydroxylation is 1. The highest BCUT2D eigenvalue weighted by Crippen LogP contribution is 2.20. The summed E-state index contributed by atoms with van der Waals surface area (Å²) >= 11 is 0. The van der Waals surface area contributed by atoms with Crippen LogP contribution in [0.4, 0.5) is 0 Å². The van der Waals surface area contributed by atoms with E-state index in [0.29, 0.717) is 18.2 Å². The summed E-state index contributed by atoms with van der Waals surface area (Å²) in [6, 6.07) is 6.22. The van der Waals surface area contributed by atoms with E-state index >= 15 is 0 Å². The molecular weight excluding hydrogens is 262 g/mol. The summed E-state index contributed by atoms with van der Waals surface area (Å²) in [6.45, 7) is 9.29. The van der Waals surface area contributed by atoms with Gasteiger partial charge in [-0.15, -0.1) is 0 Å². The molecule has 4 heteroatoms. The van der Waals surface area contributed by atoms with Crippen LogP contribution in [0.2, 0.25) is 0 Å². The summed E-state index contributed by atoms with van der Waals surface area (Å²) in [4.78, 5) is 15.9. The van der Waals surface area contributed by atoms with Gasteiger partial charge in [-0.1, -0.05) is 0 Å². The van der Waals surface area contributed by atoms with Crippen LogP contribution in [0.5, 0.6) is 0 Å². The summed E-state index contributed by atoms with van der Waals surface area (Å²) in [7, 11) is 0. The SMILES string of the molecule is Cc1cc(CCNC(=O)c2cccnc2)c(C)n1C(C)C. The van der Waals surface area contributed by atoms with Crippen molar-refractivity contribution in [3.63, 3.8) is 0 Å². The number of amides is 1. The topological polar surface area (TPSA) is 46.9 Å². The second-order valence-electron chi connectivity index (χ2n) is 5.61. The molecule has 2 rings (SSSR count). The van der Waals surface area contributed by atoms with Crippen LogP contribution in [0.1, 0.15) is 47.2 Å². The fourth-order valence-electron chi connectivity index (χ4n) is 2.80. The average molecular weight is 285 g/mol. The second kappa shape index (κ2) is 6.57. The number of nitrogens with zero attached hydrogens (tertiary/aromatic N) is 2. The third kappa shape index (κ3) is 3.51. The van der Waals surface area contributed by atoms with Gasteiger partial charge in [0.1, 0.15) is 0 Å². The summed E-state index contributed by atoms with van der Waals surface area (Å²) in [5.41, 5.74) is 4.46. The van der Waals surface area contributed by atoms with E-state index < -0.39 is 0 Å². The molecule has 0 aliphatic rings. The van der Waals surface area contributed by atoms with Gasteiger partial charge in [-0.2, -0.15) is 0 Å². The first-order chi connectivity index (χ1) is 10.0. The van der Waals surface area contributed by atoms with Crippen LogP contribution in [0.25, 0.3) is 0 Å². The molecule has 2 aromatic rings. The van der Waals surface area contributed by atoms with Crippen molar-refractivity contribution in [2.24, 2.45) is 0 Å². The summed E-state index contributed by atoms with van der Waals surface area (Å²) in [5, 5.41) is 2.94. The fourth-order valence-corrected chi connectivity index (χ4v) is 2.80. The quantitative estimate of drug-likeness (QED) is 0.917. The predicted octanol–water partition coefficient (Wildman–Crippen LogP) is 3.05. The van der Waals surface area contributed by atoms with Gasteiger partial charge in [0.2, 0.25) is 0 Å². The Kier molecular flexibility index (Phi) is 4.78. The minimum absolute atomic E-state index is 0.0687. The van der Waals surface area contributed by atoms with E-state index in [2.05, 4.69) is 48.6 Å². The van der Waals surface area contributed by atoms with Gasteiger partial charge in [0, 0.05) is 36.4 Å². The first-order valence-corrected chi connectivity index (χ1v) is 7.36. The highest BCUT2D eigenvalue weighted by Gasteiger charge is 2.11. The molecule has 0 aliphatic heterocycles. The van der Waals surface area contributed by atoms with Gasteiger partial charge in [0.15, 0.2) is 0 Å². The lowest BCUT2D eigenvalue weighted by Crippen LogP contribution is -2.25. The predicted molar refractivity (Wildman–Crippen MR) is 84.6 cm³/mol. The molecule has 0 aliphatic carbocycles. The van der Waals surface area contributed by atoms with Crippen molar-refractivity contribution in [2.45, 2.75) is 40.2 Å². The molecule has 0 saturated heterocycles. The van der Waals surface area contributed by atoms with E-state index in [9.17, 15) is 4.79 Å². The largest absolute Gasteiger partial charge is 0.352 e. The molecule has 4 nitrogen and oxygen atoms in total. The summed E-state index contributed by atoms with van der Waals surface area (Å²) in [5.74, 6) is -0.0687. The van der Waals surface area contributed by atoms with E-state index in [0.717, 1.165) is 6.42 Å². The van der Waals surface area contributed by atoms with Crippen LogP contribution >= 0.6 is 0 Å². The van der Waals surface area contributed by atoms with Gasteiger partial charge < -0.3 is 9.88 Å². The molecule has 2 aromatic heterocycles. The van der Waals surface area contributed by atoms with Crippen molar-refractivity contribution in [3.05, 3.63) is 53.1 Å². The summed E-state index contributed by atoms with van der Waals surface area (Å²) in [6.07, 6.45) is 4.09. The Bertz CT molecular complexity index is 614. The third-order valence-corrected chi connectivity index (χ3v) is 3.71. The van der Waals surface area contributed by atoms with Crippen LogP contribution in [0.15, 0.2) is 30.6 Å². The molecular formula is C17H23N3O. The fraction of sp³-hybridized carbons (Fsp3) is 0.412. The molecule has 1 N–H and O–H groups in total. The monoisotopic (exact) mass is 285 g/mol. The Labute approximate surface area is 126 Å². The van der Waals surface area contributed by atoms with Crippen LogP contribution in [0.3, 0.4) is 0 Å². The number of carbonyl (C=O) groups excluding carboxylic acids is 1. The number of rotatable bonds is 5. The molecule has 0 spiro atoms. The first-order valence-electron chi connectivity index (χ1n) is 7.36. The molecule has 0 saturated carbocycles. The van der Waals surface area contributed by atoms with Crippen LogP contribution in [-0.2, 0) is 6.42 Å². The Morgan fingerprint density at radius 2 is 2.14 bits per heavy atom.